The molecule has 0 spiro atoms. The maximum atomic E-state index is 10.0. The van der Waals surface area contributed by atoms with Crippen molar-refractivity contribution in [2.45, 2.75) is 0 Å². The summed E-state index contributed by atoms with van der Waals surface area (Å²) in [4.78, 5) is 18.0. The van der Waals surface area contributed by atoms with Crippen LogP contribution in [0.25, 0.3) is 0 Å². The molecule has 4 nitrogen and oxygen atoms in total. The zero-order valence-electron chi connectivity index (χ0n) is 5.11. The summed E-state index contributed by atoms with van der Waals surface area (Å²) in [5.74, 6) is -0.959. The Bertz CT molecular complexity index is 190. The highest BCUT2D eigenvalue weighted by Gasteiger charge is 2.00. The molecule has 0 bridgehead atoms. The first-order valence-corrected chi connectivity index (χ1v) is 2.35. The Hall–Kier alpha value is -1.58. The number of carbonyl (C=O) groups is 2. The Kier molecular flexibility index (Phi) is 3.63. The molecule has 1 N–H and O–H groups in total. The minimum atomic E-state index is -0.959. The molecule has 1 aromatic heterocycles. The minimum absolute atomic E-state index is 0.185. The van der Waals surface area contributed by atoms with Gasteiger partial charge in [-0.1, -0.05) is 0 Å². The first-order chi connectivity index (χ1) is 4.80. The molecule has 10 heavy (non-hydrogen) atoms. The van der Waals surface area contributed by atoms with Crippen molar-refractivity contribution in [1.29, 1.82) is 0 Å². The summed E-state index contributed by atoms with van der Waals surface area (Å²) in [6, 6.07) is 1.39. The molecule has 0 radical (unpaired) electrons. The van der Waals surface area contributed by atoms with Crippen molar-refractivity contribution >= 4 is 12.8 Å². The third-order valence-corrected chi connectivity index (χ3v) is 0.768. The summed E-state index contributed by atoms with van der Waals surface area (Å²) in [5.41, 5.74) is 0.185. The fourth-order valence-electron chi connectivity index (χ4n) is 0.386. The van der Waals surface area contributed by atoms with Crippen LogP contribution in [0.1, 0.15) is 10.4 Å². The van der Waals surface area contributed by atoms with Gasteiger partial charge in [-0.3, -0.25) is 0 Å². The first kappa shape index (κ1) is 8.42. The normalized spacial score (nSPS) is 7.60. The van der Waals surface area contributed by atoms with Crippen LogP contribution in [0.2, 0.25) is 0 Å². The fourth-order valence-corrected chi connectivity index (χ4v) is 0.386. The standard InChI is InChI=1S/C5H4O3.CH2O/c6-5(7)4-1-2-8-3-4;1-2/h1-3H,(H,6,7);1H2. The third kappa shape index (κ3) is 2.13. The molecule has 0 amide bonds. The van der Waals surface area contributed by atoms with Gasteiger partial charge in [0.05, 0.1) is 11.8 Å². The van der Waals surface area contributed by atoms with Gasteiger partial charge in [-0.15, -0.1) is 0 Å². The molecular weight excluding hydrogens is 136 g/mol. The van der Waals surface area contributed by atoms with Crippen LogP contribution in [-0.4, -0.2) is 17.9 Å². The summed E-state index contributed by atoms with van der Waals surface area (Å²) in [6.07, 6.45) is 2.51. The highest BCUT2D eigenvalue weighted by Crippen LogP contribution is 1.97. The third-order valence-electron chi connectivity index (χ3n) is 0.768. The second-order valence-electron chi connectivity index (χ2n) is 1.32. The average molecular weight is 142 g/mol. The van der Waals surface area contributed by atoms with Crippen LogP contribution in [0.15, 0.2) is 23.0 Å². The van der Waals surface area contributed by atoms with E-state index in [4.69, 9.17) is 9.90 Å². The molecule has 0 aliphatic rings. The molecule has 0 aliphatic heterocycles. The predicted octanol–water partition coefficient (Wildman–Crippen LogP) is 0.793. The van der Waals surface area contributed by atoms with Gasteiger partial charge in [0.2, 0.25) is 0 Å². The Morgan fingerprint density at radius 2 is 2.20 bits per heavy atom. The second-order valence-corrected chi connectivity index (χ2v) is 1.32. The van der Waals surface area contributed by atoms with Gasteiger partial charge in [0, 0.05) is 0 Å². The van der Waals surface area contributed by atoms with Crippen LogP contribution in [0.3, 0.4) is 0 Å². The van der Waals surface area contributed by atoms with Crippen molar-refractivity contribution in [3.8, 4) is 0 Å². The molecule has 0 fully saturated rings. The number of hydrogen-bond donors (Lipinski definition) is 1. The van der Waals surface area contributed by atoms with E-state index >= 15 is 0 Å². The highest BCUT2D eigenvalue weighted by molar-refractivity contribution is 5.86. The van der Waals surface area contributed by atoms with E-state index < -0.39 is 5.97 Å². The molecule has 0 aliphatic carbocycles. The zero-order chi connectivity index (χ0) is 7.98. The van der Waals surface area contributed by atoms with Gasteiger partial charge in [0.25, 0.3) is 0 Å². The molecule has 4 heteroatoms. The molecule has 0 aromatic carbocycles. The summed E-state index contributed by atoms with van der Waals surface area (Å²) in [6.45, 7) is 2.00. The number of aromatic carboxylic acids is 1. The highest BCUT2D eigenvalue weighted by atomic mass is 16.4. The van der Waals surface area contributed by atoms with Crippen molar-refractivity contribution < 1.29 is 19.1 Å². The lowest BCUT2D eigenvalue weighted by molar-refractivity contribution is -0.0980. The average Bonchev–Trinajstić information content (AvgIpc) is 2.42. The molecule has 1 rings (SSSR count). The Balaban J connectivity index is 0.000000371. The lowest BCUT2D eigenvalue weighted by Gasteiger charge is -1.77. The quantitative estimate of drug-likeness (QED) is 0.629. The smallest absolute Gasteiger partial charge is 0.338 e. The summed E-state index contributed by atoms with van der Waals surface area (Å²) in [5, 5.41) is 8.21. The van der Waals surface area contributed by atoms with Gasteiger partial charge >= 0.3 is 5.97 Å². The van der Waals surface area contributed by atoms with E-state index in [0.29, 0.717) is 0 Å². The number of carbonyl (C=O) groups excluding carboxylic acids is 1. The van der Waals surface area contributed by atoms with Crippen LogP contribution in [0.4, 0.5) is 0 Å². The SMILES string of the molecule is C=O.O=C(O)c1ccoc1. The molecule has 0 saturated carbocycles. The fraction of sp³-hybridized carbons (Fsp3) is 0. The van der Waals surface area contributed by atoms with E-state index in [-0.39, 0.29) is 5.56 Å². The van der Waals surface area contributed by atoms with Crippen LogP contribution in [-0.2, 0) is 4.79 Å². The van der Waals surface area contributed by atoms with Crippen LogP contribution in [0.5, 0.6) is 0 Å². The second kappa shape index (κ2) is 4.31. The van der Waals surface area contributed by atoms with Gasteiger partial charge < -0.3 is 14.3 Å². The molecular formula is C6H6O4. The van der Waals surface area contributed by atoms with Crippen LogP contribution in [0, 0.1) is 0 Å². The number of furan rings is 1. The molecule has 0 saturated heterocycles. The predicted molar refractivity (Wildman–Crippen MR) is 32.8 cm³/mol. The number of carboxylic acid groups (broad SMARTS) is 1. The van der Waals surface area contributed by atoms with Crippen molar-refractivity contribution in [2.24, 2.45) is 0 Å². The molecule has 1 aromatic rings. The van der Waals surface area contributed by atoms with E-state index in [2.05, 4.69) is 4.42 Å². The van der Waals surface area contributed by atoms with Crippen LogP contribution >= 0.6 is 0 Å². The Morgan fingerprint density at radius 3 is 2.40 bits per heavy atom. The maximum Gasteiger partial charge on any atom is 0.338 e. The van der Waals surface area contributed by atoms with E-state index in [1.165, 1.54) is 18.6 Å². The molecule has 1 heterocycles. The summed E-state index contributed by atoms with van der Waals surface area (Å²) in [7, 11) is 0. The lowest BCUT2D eigenvalue weighted by Crippen LogP contribution is -1.90. The maximum absolute atomic E-state index is 10.0. The number of carboxylic acids is 1. The number of rotatable bonds is 1. The van der Waals surface area contributed by atoms with E-state index in [1.807, 2.05) is 6.79 Å². The van der Waals surface area contributed by atoms with Gasteiger partial charge in [-0.05, 0) is 6.07 Å². The van der Waals surface area contributed by atoms with Crippen molar-refractivity contribution in [1.82, 2.24) is 0 Å². The van der Waals surface area contributed by atoms with Gasteiger partial charge in [-0.2, -0.15) is 0 Å². The minimum Gasteiger partial charge on any atom is -0.478 e. The molecule has 0 atom stereocenters. The Morgan fingerprint density at radius 1 is 1.60 bits per heavy atom. The zero-order valence-corrected chi connectivity index (χ0v) is 5.11. The van der Waals surface area contributed by atoms with Crippen molar-refractivity contribution in [3.63, 3.8) is 0 Å². The summed E-state index contributed by atoms with van der Waals surface area (Å²) < 4.78 is 4.49. The lowest BCUT2D eigenvalue weighted by atomic mass is 10.4. The molecule has 0 unspecified atom stereocenters. The summed E-state index contributed by atoms with van der Waals surface area (Å²) >= 11 is 0. The monoisotopic (exact) mass is 142 g/mol. The van der Waals surface area contributed by atoms with Crippen LogP contribution < -0.4 is 0 Å². The van der Waals surface area contributed by atoms with Crippen molar-refractivity contribution in [3.05, 3.63) is 24.2 Å². The molecule has 54 valence electrons. The van der Waals surface area contributed by atoms with E-state index in [9.17, 15) is 4.79 Å². The van der Waals surface area contributed by atoms with Crippen molar-refractivity contribution in [2.75, 3.05) is 0 Å². The first-order valence-electron chi connectivity index (χ1n) is 2.35. The van der Waals surface area contributed by atoms with E-state index in [1.54, 1.807) is 0 Å². The van der Waals surface area contributed by atoms with Gasteiger partial charge in [0.15, 0.2) is 0 Å². The Labute approximate surface area is 57.1 Å². The van der Waals surface area contributed by atoms with Gasteiger partial charge in [0.1, 0.15) is 13.1 Å². The number of hydrogen-bond acceptors (Lipinski definition) is 3. The largest absolute Gasteiger partial charge is 0.478 e. The topological polar surface area (TPSA) is 67.5 Å². The van der Waals surface area contributed by atoms with E-state index in [0.717, 1.165) is 0 Å². The van der Waals surface area contributed by atoms with Gasteiger partial charge in [-0.25, -0.2) is 4.79 Å².